The van der Waals surface area contributed by atoms with Crippen LogP contribution in [0.3, 0.4) is 0 Å². The first kappa shape index (κ1) is 14.9. The summed E-state index contributed by atoms with van der Waals surface area (Å²) in [6.45, 7) is 2.26. The van der Waals surface area contributed by atoms with Gasteiger partial charge in [0.25, 0.3) is 5.91 Å². The Bertz CT molecular complexity index is 595. The topological polar surface area (TPSA) is 73.6 Å². The van der Waals surface area contributed by atoms with Gasteiger partial charge in [0, 0.05) is 19.0 Å². The lowest BCUT2D eigenvalue weighted by atomic mass is 10.3. The van der Waals surface area contributed by atoms with Gasteiger partial charge in [0.1, 0.15) is 5.76 Å². The molecule has 0 fully saturated rings. The van der Waals surface area contributed by atoms with Crippen molar-refractivity contribution in [1.29, 1.82) is 0 Å². The molecule has 0 spiro atoms. The first-order chi connectivity index (χ1) is 10.2. The molecule has 6 nitrogen and oxygen atoms in total. The summed E-state index contributed by atoms with van der Waals surface area (Å²) >= 11 is 0. The van der Waals surface area contributed by atoms with E-state index in [9.17, 15) is 4.79 Å². The molecular weight excluding hydrogens is 272 g/mol. The Hall–Kier alpha value is -2.50. The molecule has 0 atom stereocenters. The molecule has 1 amide bonds. The van der Waals surface area contributed by atoms with Gasteiger partial charge >= 0.3 is 0 Å². The van der Waals surface area contributed by atoms with Crippen LogP contribution in [0.5, 0.6) is 11.5 Å². The highest BCUT2D eigenvalue weighted by Gasteiger charge is 2.07. The number of ether oxygens (including phenoxy) is 2. The molecule has 1 aromatic heterocycles. The maximum absolute atomic E-state index is 11.7. The fourth-order valence-corrected chi connectivity index (χ4v) is 1.80. The number of carbonyl (C=O) groups is 1. The maximum atomic E-state index is 11.7. The molecular formula is C15H18N2O4. The van der Waals surface area contributed by atoms with E-state index in [0.29, 0.717) is 24.5 Å². The van der Waals surface area contributed by atoms with E-state index in [-0.39, 0.29) is 12.5 Å². The van der Waals surface area contributed by atoms with Crippen molar-refractivity contribution in [2.45, 2.75) is 13.3 Å². The van der Waals surface area contributed by atoms with Crippen molar-refractivity contribution in [3.05, 3.63) is 41.8 Å². The quantitative estimate of drug-likeness (QED) is 0.840. The number of nitrogens with zero attached hydrogens (tertiary/aromatic N) is 1. The van der Waals surface area contributed by atoms with Crippen molar-refractivity contribution < 1.29 is 18.8 Å². The van der Waals surface area contributed by atoms with Crippen molar-refractivity contribution in [3.8, 4) is 11.5 Å². The van der Waals surface area contributed by atoms with E-state index in [1.54, 1.807) is 19.2 Å². The molecule has 21 heavy (non-hydrogen) atoms. The first-order valence-corrected chi connectivity index (χ1v) is 6.63. The smallest absolute Gasteiger partial charge is 0.257 e. The number of aromatic nitrogens is 1. The van der Waals surface area contributed by atoms with Crippen LogP contribution in [0.4, 0.5) is 0 Å². The van der Waals surface area contributed by atoms with Crippen LogP contribution in [-0.4, -0.2) is 31.3 Å². The molecule has 0 radical (unpaired) electrons. The van der Waals surface area contributed by atoms with Crippen LogP contribution < -0.4 is 14.8 Å². The van der Waals surface area contributed by atoms with Gasteiger partial charge in [-0.2, -0.15) is 0 Å². The number of nitrogens with one attached hydrogen (secondary N) is 1. The van der Waals surface area contributed by atoms with Crippen molar-refractivity contribution >= 4 is 5.91 Å². The number of amides is 1. The Labute approximate surface area is 123 Å². The molecule has 2 rings (SSSR count). The summed E-state index contributed by atoms with van der Waals surface area (Å²) in [5, 5.41) is 6.62. The van der Waals surface area contributed by atoms with Crippen LogP contribution in [0, 0.1) is 6.92 Å². The second-order valence-electron chi connectivity index (χ2n) is 4.47. The molecule has 0 bridgehead atoms. The second kappa shape index (κ2) is 7.33. The molecule has 0 unspecified atom stereocenters. The molecule has 0 saturated carbocycles. The number of benzene rings is 1. The normalized spacial score (nSPS) is 10.2. The van der Waals surface area contributed by atoms with E-state index >= 15 is 0 Å². The molecule has 0 saturated heterocycles. The summed E-state index contributed by atoms with van der Waals surface area (Å²) in [7, 11) is 1.56. The largest absolute Gasteiger partial charge is 0.493 e. The zero-order valence-corrected chi connectivity index (χ0v) is 12.1. The van der Waals surface area contributed by atoms with Crippen molar-refractivity contribution in [3.63, 3.8) is 0 Å². The van der Waals surface area contributed by atoms with Gasteiger partial charge < -0.3 is 19.3 Å². The summed E-state index contributed by atoms with van der Waals surface area (Å²) in [5.74, 6) is 1.71. The van der Waals surface area contributed by atoms with Crippen molar-refractivity contribution in [2.75, 3.05) is 20.3 Å². The van der Waals surface area contributed by atoms with Crippen LogP contribution >= 0.6 is 0 Å². The van der Waals surface area contributed by atoms with Crippen LogP contribution in [0.1, 0.15) is 11.5 Å². The maximum Gasteiger partial charge on any atom is 0.257 e. The second-order valence-corrected chi connectivity index (χ2v) is 4.47. The minimum Gasteiger partial charge on any atom is -0.493 e. The molecule has 112 valence electrons. The van der Waals surface area contributed by atoms with E-state index in [1.165, 1.54) is 0 Å². The molecule has 1 N–H and O–H groups in total. The fourth-order valence-electron chi connectivity index (χ4n) is 1.80. The summed E-state index contributed by atoms with van der Waals surface area (Å²) in [4.78, 5) is 11.7. The molecule has 6 heteroatoms. The highest BCUT2D eigenvalue weighted by atomic mass is 16.5. The third-order valence-corrected chi connectivity index (χ3v) is 2.81. The van der Waals surface area contributed by atoms with Crippen LogP contribution in [0.25, 0.3) is 0 Å². The standard InChI is InChI=1S/C15H18N2O4/c1-11-9-12(17-21-11)7-8-16-15(18)10-20-14-6-4-3-5-13(14)19-2/h3-6,9H,7-8,10H2,1-2H3,(H,16,18). The highest BCUT2D eigenvalue weighted by Crippen LogP contribution is 2.25. The van der Waals surface area contributed by atoms with Gasteiger partial charge in [-0.1, -0.05) is 17.3 Å². The summed E-state index contributed by atoms with van der Waals surface area (Å²) < 4.78 is 15.5. The summed E-state index contributed by atoms with van der Waals surface area (Å²) in [6, 6.07) is 9.04. The van der Waals surface area contributed by atoms with Gasteiger partial charge in [0.15, 0.2) is 18.1 Å². The Morgan fingerprint density at radius 3 is 2.76 bits per heavy atom. The van der Waals surface area contributed by atoms with Gasteiger partial charge in [-0.25, -0.2) is 0 Å². The van der Waals surface area contributed by atoms with E-state index < -0.39 is 0 Å². The Kier molecular flexibility index (Phi) is 5.20. The molecule has 0 aliphatic rings. The summed E-state index contributed by atoms with van der Waals surface area (Å²) in [5.41, 5.74) is 0.818. The number of aryl methyl sites for hydroxylation is 1. The predicted molar refractivity (Wildman–Crippen MR) is 76.4 cm³/mol. The molecule has 0 aliphatic carbocycles. The third-order valence-electron chi connectivity index (χ3n) is 2.81. The summed E-state index contributed by atoms with van der Waals surface area (Å²) in [6.07, 6.45) is 0.623. The average molecular weight is 290 g/mol. The van der Waals surface area contributed by atoms with Crippen LogP contribution in [-0.2, 0) is 11.2 Å². The monoisotopic (exact) mass is 290 g/mol. The van der Waals surface area contributed by atoms with Crippen molar-refractivity contribution in [2.24, 2.45) is 0 Å². The minimum atomic E-state index is -0.193. The van der Waals surface area contributed by atoms with Gasteiger partial charge in [-0.05, 0) is 19.1 Å². The van der Waals surface area contributed by atoms with E-state index in [4.69, 9.17) is 14.0 Å². The number of rotatable bonds is 7. The zero-order valence-electron chi connectivity index (χ0n) is 12.1. The molecule has 1 aromatic carbocycles. The minimum absolute atomic E-state index is 0.0573. The van der Waals surface area contributed by atoms with Crippen LogP contribution in [0.2, 0.25) is 0 Å². The molecule has 1 heterocycles. The number of para-hydroxylation sites is 2. The molecule has 2 aromatic rings. The van der Waals surface area contributed by atoms with Gasteiger partial charge in [-0.15, -0.1) is 0 Å². The van der Waals surface area contributed by atoms with E-state index in [2.05, 4.69) is 10.5 Å². The number of carbonyl (C=O) groups excluding carboxylic acids is 1. The Morgan fingerprint density at radius 1 is 1.33 bits per heavy atom. The van der Waals surface area contributed by atoms with Crippen molar-refractivity contribution in [1.82, 2.24) is 10.5 Å². The number of hydrogen-bond acceptors (Lipinski definition) is 5. The SMILES string of the molecule is COc1ccccc1OCC(=O)NCCc1cc(C)on1. The highest BCUT2D eigenvalue weighted by molar-refractivity contribution is 5.77. The Balaban J connectivity index is 1.72. The lowest BCUT2D eigenvalue weighted by Gasteiger charge is -2.10. The Morgan fingerprint density at radius 2 is 2.10 bits per heavy atom. The average Bonchev–Trinajstić information content (AvgIpc) is 2.91. The number of hydrogen-bond donors (Lipinski definition) is 1. The first-order valence-electron chi connectivity index (χ1n) is 6.63. The third kappa shape index (κ3) is 4.52. The molecule has 0 aliphatic heterocycles. The lowest BCUT2D eigenvalue weighted by Crippen LogP contribution is -2.30. The zero-order chi connectivity index (χ0) is 15.1. The van der Waals surface area contributed by atoms with Gasteiger partial charge in [0.05, 0.1) is 12.8 Å². The lowest BCUT2D eigenvalue weighted by molar-refractivity contribution is -0.123. The van der Waals surface area contributed by atoms with Gasteiger partial charge in [-0.3, -0.25) is 4.79 Å². The van der Waals surface area contributed by atoms with Crippen LogP contribution in [0.15, 0.2) is 34.9 Å². The fraction of sp³-hybridized carbons (Fsp3) is 0.333. The van der Waals surface area contributed by atoms with E-state index in [0.717, 1.165) is 11.5 Å². The number of methoxy groups -OCH3 is 1. The van der Waals surface area contributed by atoms with Gasteiger partial charge in [0.2, 0.25) is 0 Å². The van der Waals surface area contributed by atoms with E-state index in [1.807, 2.05) is 25.1 Å². The predicted octanol–water partition coefficient (Wildman–Crippen LogP) is 1.73.